The van der Waals surface area contributed by atoms with Crippen LogP contribution in [-0.4, -0.2) is 40.9 Å². The van der Waals surface area contributed by atoms with E-state index >= 15 is 0 Å². The molecule has 1 saturated carbocycles. The molecule has 0 unspecified atom stereocenters. The summed E-state index contributed by atoms with van der Waals surface area (Å²) in [6.45, 7) is 3.97. The number of phenolic OH excluding ortho intramolecular Hbond substituents is 1. The van der Waals surface area contributed by atoms with Crippen molar-refractivity contribution in [2.75, 3.05) is 6.61 Å². The smallest absolute Gasteiger partial charge is 0.341 e. The first-order chi connectivity index (χ1) is 17.8. The summed E-state index contributed by atoms with van der Waals surface area (Å²) in [7, 11) is 0. The van der Waals surface area contributed by atoms with E-state index in [-0.39, 0.29) is 46.6 Å². The highest BCUT2D eigenvalue weighted by Crippen LogP contribution is 2.47. The van der Waals surface area contributed by atoms with Crippen molar-refractivity contribution < 1.29 is 18.8 Å². The maximum absolute atomic E-state index is 13.6. The second-order valence-corrected chi connectivity index (χ2v) is 11.0. The molecule has 0 radical (unpaired) electrons. The Bertz CT molecular complexity index is 1600. The van der Waals surface area contributed by atoms with E-state index in [2.05, 4.69) is 20.9 Å². The van der Waals surface area contributed by atoms with Gasteiger partial charge in [-0.05, 0) is 60.8 Å². The maximum Gasteiger partial charge on any atom is 0.341 e. The number of ether oxygens (including phenoxy) is 1. The van der Waals surface area contributed by atoms with Gasteiger partial charge in [0.15, 0.2) is 0 Å². The quantitative estimate of drug-likeness (QED) is 0.149. The van der Waals surface area contributed by atoms with Gasteiger partial charge in [-0.25, -0.2) is 14.0 Å². The summed E-state index contributed by atoms with van der Waals surface area (Å²) in [6, 6.07) is 6.85. The van der Waals surface area contributed by atoms with Crippen molar-refractivity contribution in [3.8, 4) is 5.75 Å². The Balaban J connectivity index is 1.94. The maximum atomic E-state index is 13.6. The van der Waals surface area contributed by atoms with Crippen LogP contribution in [0.1, 0.15) is 58.8 Å². The number of carbonyl (C=O) groups excluding carboxylic acids is 1. The molecule has 0 atom stereocenters. The third-order valence-corrected chi connectivity index (χ3v) is 8.25. The summed E-state index contributed by atoms with van der Waals surface area (Å²) in [4.78, 5) is 18.1. The molecule has 5 rings (SSSR count). The van der Waals surface area contributed by atoms with Crippen LogP contribution in [0.25, 0.3) is 10.9 Å². The summed E-state index contributed by atoms with van der Waals surface area (Å²) < 4.78 is 22.6. The van der Waals surface area contributed by atoms with E-state index in [1.807, 2.05) is 16.1 Å². The molecule has 2 heterocycles. The molecule has 2 aromatic carbocycles. The van der Waals surface area contributed by atoms with Crippen molar-refractivity contribution in [1.82, 2.24) is 14.1 Å². The highest BCUT2D eigenvalue weighted by Gasteiger charge is 2.37. The Morgan fingerprint density at radius 2 is 1.97 bits per heavy atom. The molecule has 37 heavy (non-hydrogen) atoms. The van der Waals surface area contributed by atoms with Gasteiger partial charge in [0.05, 0.1) is 55.7 Å². The number of hydrogen-bond donors (Lipinski definition) is 1. The lowest BCUT2D eigenvalue weighted by Crippen LogP contribution is -2.17. The van der Waals surface area contributed by atoms with Gasteiger partial charge in [-0.15, -0.1) is 0 Å². The number of hydrogen-bond acceptors (Lipinski definition) is 5. The standard InChI is InChI=1S/C26H22BrCl2N3O4S/c1-3-36-26(34)22-20-15(12-31-10-9-30-13(31)2)24(33)16(27)11-19(20)32(14-7-8-14)23(22)25(37-35)21-17(28)5-4-6-18(21)29/h4-6,9-11,14,33H,3,7-8,12H2,1-2H3. The van der Waals surface area contributed by atoms with Gasteiger partial charge in [0.2, 0.25) is 0 Å². The number of halogens is 3. The third-order valence-electron chi connectivity index (χ3n) is 6.45. The molecule has 4 aromatic rings. The first-order valence-electron chi connectivity index (χ1n) is 11.6. The van der Waals surface area contributed by atoms with Crippen molar-refractivity contribution in [2.45, 2.75) is 39.3 Å². The number of fused-ring (bicyclic) bond motifs is 1. The largest absolute Gasteiger partial charge is 0.506 e. The van der Waals surface area contributed by atoms with E-state index in [0.717, 1.165) is 18.7 Å². The number of carbonyl (C=O) groups is 1. The Morgan fingerprint density at radius 1 is 1.27 bits per heavy atom. The molecule has 1 N–H and O–H groups in total. The van der Waals surface area contributed by atoms with Gasteiger partial charge in [-0.3, -0.25) is 0 Å². The van der Waals surface area contributed by atoms with E-state index in [1.54, 1.807) is 43.6 Å². The average molecular weight is 623 g/mol. The molecule has 0 aliphatic heterocycles. The van der Waals surface area contributed by atoms with E-state index in [4.69, 9.17) is 27.9 Å². The molecular formula is C26H22BrCl2N3O4S. The van der Waals surface area contributed by atoms with Gasteiger partial charge in [-0.2, -0.15) is 0 Å². The summed E-state index contributed by atoms with van der Waals surface area (Å²) in [5.41, 5.74) is 2.17. The van der Waals surface area contributed by atoms with Gasteiger partial charge >= 0.3 is 5.97 Å². The number of aryl methyl sites for hydroxylation is 1. The number of esters is 1. The van der Waals surface area contributed by atoms with Crippen molar-refractivity contribution >= 4 is 72.1 Å². The van der Waals surface area contributed by atoms with Crippen LogP contribution in [0, 0.1) is 6.92 Å². The molecule has 192 valence electrons. The molecule has 0 bridgehead atoms. The Labute approximate surface area is 235 Å². The fourth-order valence-electron chi connectivity index (χ4n) is 4.65. The van der Waals surface area contributed by atoms with Crippen molar-refractivity contribution in [3.63, 3.8) is 0 Å². The minimum atomic E-state index is -0.595. The van der Waals surface area contributed by atoms with E-state index in [0.29, 0.717) is 42.2 Å². The third kappa shape index (κ3) is 4.52. The molecule has 1 aliphatic carbocycles. The lowest BCUT2D eigenvalue weighted by atomic mass is 10.00. The highest BCUT2D eigenvalue weighted by atomic mass is 79.9. The monoisotopic (exact) mass is 621 g/mol. The van der Waals surface area contributed by atoms with E-state index in [9.17, 15) is 14.1 Å². The van der Waals surface area contributed by atoms with Crippen molar-refractivity contribution in [1.29, 1.82) is 0 Å². The predicted octanol–water partition coefficient (Wildman–Crippen LogP) is 6.26. The first-order valence-corrected chi connectivity index (χ1v) is 13.9. The van der Waals surface area contributed by atoms with Gasteiger partial charge < -0.3 is 19.0 Å². The number of rotatable bonds is 7. The molecule has 1 aliphatic rings. The minimum absolute atomic E-state index is 0.00209. The van der Waals surface area contributed by atoms with E-state index in [1.165, 1.54) is 0 Å². The molecular weight excluding hydrogens is 601 g/mol. The number of nitrogens with zero attached hydrogens (tertiary/aromatic N) is 3. The number of benzene rings is 2. The summed E-state index contributed by atoms with van der Waals surface area (Å²) in [6.07, 6.45) is 5.23. The topological polar surface area (TPSA) is 86.4 Å². The average Bonchev–Trinajstić information content (AvgIpc) is 3.53. The number of aromatic nitrogens is 3. The highest BCUT2D eigenvalue weighted by molar-refractivity contribution is 9.10. The lowest BCUT2D eigenvalue weighted by Gasteiger charge is -2.14. The van der Waals surface area contributed by atoms with Gasteiger partial charge in [-0.1, -0.05) is 29.3 Å². The Morgan fingerprint density at radius 3 is 2.54 bits per heavy atom. The summed E-state index contributed by atoms with van der Waals surface area (Å²) >= 11 is 16.8. The van der Waals surface area contributed by atoms with Crippen LogP contribution in [0.2, 0.25) is 10.0 Å². The second-order valence-electron chi connectivity index (χ2n) is 8.74. The molecule has 2 aromatic heterocycles. The SMILES string of the molecule is CCOC(=O)c1c(C(=S=O)c2c(Cl)cccc2Cl)n(C2CC2)c2cc(Br)c(O)c(Cn3ccnc3C)c12. The zero-order valence-corrected chi connectivity index (χ0v) is 23.8. The van der Waals surface area contributed by atoms with Gasteiger partial charge in [0.25, 0.3) is 0 Å². The number of imidazole rings is 1. The van der Waals surface area contributed by atoms with Crippen LogP contribution < -0.4 is 0 Å². The Kier molecular flexibility index (Phi) is 7.24. The normalized spacial score (nSPS) is 13.2. The van der Waals surface area contributed by atoms with E-state index < -0.39 is 5.97 Å². The van der Waals surface area contributed by atoms with Crippen molar-refractivity contribution in [2.24, 2.45) is 0 Å². The zero-order valence-electron chi connectivity index (χ0n) is 19.9. The van der Waals surface area contributed by atoms with Crippen LogP contribution in [0.15, 0.2) is 41.1 Å². The van der Waals surface area contributed by atoms with Crippen LogP contribution in [0.3, 0.4) is 0 Å². The lowest BCUT2D eigenvalue weighted by molar-refractivity contribution is 0.0528. The fourth-order valence-corrected chi connectivity index (χ4v) is 6.39. The molecule has 0 spiro atoms. The van der Waals surface area contributed by atoms with Crippen LogP contribution in [0.5, 0.6) is 5.75 Å². The fraction of sp³-hybridized carbons (Fsp3) is 0.269. The van der Waals surface area contributed by atoms with Crippen LogP contribution >= 0.6 is 39.1 Å². The summed E-state index contributed by atoms with van der Waals surface area (Å²) in [5, 5.41) is 12.3. The van der Waals surface area contributed by atoms with Gasteiger partial charge in [0, 0.05) is 34.9 Å². The second kappa shape index (κ2) is 10.3. The van der Waals surface area contributed by atoms with Crippen LogP contribution in [0.4, 0.5) is 0 Å². The number of phenols is 1. The van der Waals surface area contributed by atoms with Crippen molar-refractivity contribution in [3.05, 3.63) is 79.4 Å². The summed E-state index contributed by atoms with van der Waals surface area (Å²) in [5.74, 6) is 0.150. The zero-order chi connectivity index (χ0) is 26.4. The van der Waals surface area contributed by atoms with Gasteiger partial charge in [0.1, 0.15) is 16.4 Å². The molecule has 7 nitrogen and oxygen atoms in total. The molecule has 0 amide bonds. The molecule has 11 heteroatoms. The first kappa shape index (κ1) is 26.0. The predicted molar refractivity (Wildman–Crippen MR) is 149 cm³/mol. The Hall–Kier alpha value is -2.59. The number of aromatic hydroxyl groups is 1. The molecule has 1 fully saturated rings. The molecule has 0 saturated heterocycles. The minimum Gasteiger partial charge on any atom is -0.506 e. The van der Waals surface area contributed by atoms with Crippen LogP contribution in [-0.2, 0) is 22.5 Å².